The number of carbonyl (C=O) groups excluding carboxylic acids is 2. The second-order valence-electron chi connectivity index (χ2n) is 14.9. The lowest BCUT2D eigenvalue weighted by Gasteiger charge is -2.64. The number of nitrogens with zero attached hydrogens (tertiary/aromatic N) is 3. The van der Waals surface area contributed by atoms with Crippen LogP contribution >= 0.6 is 0 Å². The Morgan fingerprint density at radius 1 is 1.05 bits per heavy atom. The number of hydrogen-bond donors (Lipinski definition) is 1. The third-order valence-corrected chi connectivity index (χ3v) is 12.1. The third-order valence-electron chi connectivity index (χ3n) is 12.1. The zero-order valence-electron chi connectivity index (χ0n) is 24.1. The minimum atomic E-state index is -0.658. The number of aliphatic hydroxyl groups is 1. The summed E-state index contributed by atoms with van der Waals surface area (Å²) in [6.45, 7) is 12.8. The molecule has 0 bridgehead atoms. The van der Waals surface area contributed by atoms with Gasteiger partial charge in [-0.2, -0.15) is 10.2 Å². The molecule has 3 saturated carbocycles. The van der Waals surface area contributed by atoms with E-state index in [2.05, 4.69) is 43.9 Å². The highest BCUT2D eigenvalue weighted by Gasteiger charge is 2.66. The van der Waals surface area contributed by atoms with Gasteiger partial charge in [0.15, 0.2) is 17.4 Å². The average molecular weight is 532 g/mol. The summed E-state index contributed by atoms with van der Waals surface area (Å²) in [7, 11) is 0. The van der Waals surface area contributed by atoms with Crippen LogP contribution in [0, 0.1) is 56.7 Å². The second kappa shape index (κ2) is 8.22. The normalized spacial score (nSPS) is 42.2. The van der Waals surface area contributed by atoms with Crippen molar-refractivity contribution in [1.29, 1.82) is 5.26 Å². The van der Waals surface area contributed by atoms with Gasteiger partial charge in [0.2, 0.25) is 0 Å². The largest absolute Gasteiger partial charge is 0.387 e. The summed E-state index contributed by atoms with van der Waals surface area (Å²) in [5.74, 6) is 1.16. The van der Waals surface area contributed by atoms with Crippen molar-refractivity contribution < 1.29 is 19.2 Å². The van der Waals surface area contributed by atoms with Crippen molar-refractivity contribution in [3.05, 3.63) is 35.0 Å². The van der Waals surface area contributed by atoms with Gasteiger partial charge in [-0.25, -0.2) is 0 Å². The SMILES string of the molecule is CC1(C)CCC2(c3noc(CO)n3)CCC3C(C(=O)C=C4C5(C)C=C(C#N)C(=O)C(C)(C)C5CCC43C)C2C1. The Labute approximate surface area is 231 Å². The summed E-state index contributed by atoms with van der Waals surface area (Å²) in [6, 6.07) is 2.18. The number of nitriles is 1. The summed E-state index contributed by atoms with van der Waals surface area (Å²) < 4.78 is 5.38. The van der Waals surface area contributed by atoms with Crippen molar-refractivity contribution >= 4 is 11.6 Å². The second-order valence-corrected chi connectivity index (χ2v) is 14.9. The fourth-order valence-electron chi connectivity index (χ4n) is 10.2. The number of Topliss-reactive ketones (excluding diaryl/α,β-unsaturated/α-hetero) is 1. The van der Waals surface area contributed by atoms with E-state index >= 15 is 0 Å². The summed E-state index contributed by atoms with van der Waals surface area (Å²) in [6.07, 6.45) is 10.3. The van der Waals surface area contributed by atoms with E-state index in [4.69, 9.17) is 4.52 Å². The topological polar surface area (TPSA) is 117 Å². The Morgan fingerprint density at radius 3 is 2.46 bits per heavy atom. The minimum Gasteiger partial charge on any atom is -0.387 e. The highest BCUT2D eigenvalue weighted by molar-refractivity contribution is 6.04. The number of fused-ring (bicyclic) bond motifs is 7. The van der Waals surface area contributed by atoms with Crippen LogP contribution in [0.25, 0.3) is 0 Å². The first-order valence-corrected chi connectivity index (χ1v) is 14.6. The van der Waals surface area contributed by atoms with Crippen molar-refractivity contribution in [3.8, 4) is 6.07 Å². The summed E-state index contributed by atoms with van der Waals surface area (Å²) in [5, 5.41) is 23.9. The lowest BCUT2D eigenvalue weighted by molar-refractivity contribution is -0.141. The van der Waals surface area contributed by atoms with Crippen LogP contribution < -0.4 is 0 Å². The Balaban J connectivity index is 1.49. The predicted octanol–water partition coefficient (Wildman–Crippen LogP) is 5.64. The molecule has 0 aromatic carbocycles. The highest BCUT2D eigenvalue weighted by Crippen LogP contribution is 2.70. The molecule has 1 aromatic rings. The molecule has 7 heteroatoms. The van der Waals surface area contributed by atoms with Crippen LogP contribution in [0.1, 0.15) is 98.2 Å². The number of hydrogen-bond acceptors (Lipinski definition) is 7. The molecule has 1 N–H and O–H groups in total. The third kappa shape index (κ3) is 3.43. The molecule has 7 nitrogen and oxygen atoms in total. The van der Waals surface area contributed by atoms with Gasteiger partial charge >= 0.3 is 0 Å². The van der Waals surface area contributed by atoms with E-state index in [9.17, 15) is 20.0 Å². The first-order chi connectivity index (χ1) is 18.2. The first-order valence-electron chi connectivity index (χ1n) is 14.6. The Hall–Kier alpha value is -2.59. The molecule has 0 saturated heterocycles. The van der Waals surface area contributed by atoms with Gasteiger partial charge in [-0.1, -0.05) is 58.3 Å². The molecule has 5 aliphatic rings. The van der Waals surface area contributed by atoms with E-state index in [-0.39, 0.29) is 69.6 Å². The standard InChI is InChI=1S/C32H41N3O4/c1-28(2)11-12-32(27-34-24(17-36)39-35-27)10-7-19-25(20(32)15-28)21(37)13-23-30(19,5)9-8-22-29(3,4)26(38)18(16-33)14-31(22,23)6/h13-14,19-20,22,25,36H,7-12,15,17H2,1-6H3. The van der Waals surface area contributed by atoms with Gasteiger partial charge in [0.1, 0.15) is 12.7 Å². The molecule has 39 heavy (non-hydrogen) atoms. The Morgan fingerprint density at radius 2 is 1.79 bits per heavy atom. The molecule has 1 aromatic heterocycles. The van der Waals surface area contributed by atoms with E-state index < -0.39 is 10.8 Å². The molecule has 1 heterocycles. The Bertz CT molecular complexity index is 1360. The van der Waals surface area contributed by atoms with Crippen LogP contribution in [-0.2, 0) is 21.6 Å². The number of ketones is 2. The maximum atomic E-state index is 14.4. The molecule has 7 atom stereocenters. The number of aliphatic hydroxyl groups excluding tert-OH is 1. The van der Waals surface area contributed by atoms with Gasteiger partial charge in [0.25, 0.3) is 5.89 Å². The van der Waals surface area contributed by atoms with Crippen molar-refractivity contribution in [1.82, 2.24) is 10.1 Å². The van der Waals surface area contributed by atoms with Gasteiger partial charge in [0.05, 0.1) is 5.57 Å². The zero-order valence-corrected chi connectivity index (χ0v) is 24.1. The van der Waals surface area contributed by atoms with E-state index in [1.54, 1.807) is 0 Å². The van der Waals surface area contributed by atoms with Crippen molar-refractivity contribution in [2.24, 2.45) is 45.3 Å². The molecule has 0 amide bonds. The molecule has 3 fully saturated rings. The number of carbonyl (C=O) groups is 2. The molecule has 208 valence electrons. The lowest BCUT2D eigenvalue weighted by Crippen LogP contribution is -2.61. The van der Waals surface area contributed by atoms with Gasteiger partial charge in [-0.05, 0) is 79.6 Å². The molecule has 0 radical (unpaired) electrons. The van der Waals surface area contributed by atoms with E-state index in [1.807, 2.05) is 26.0 Å². The summed E-state index contributed by atoms with van der Waals surface area (Å²) in [5.41, 5.74) is -0.248. The van der Waals surface area contributed by atoms with Crippen LogP contribution in [0.4, 0.5) is 0 Å². The fourth-order valence-corrected chi connectivity index (χ4v) is 10.2. The van der Waals surface area contributed by atoms with Crippen LogP contribution in [0.15, 0.2) is 27.8 Å². The molecule has 0 spiro atoms. The van der Waals surface area contributed by atoms with E-state index in [0.717, 1.165) is 50.5 Å². The van der Waals surface area contributed by atoms with Gasteiger partial charge < -0.3 is 9.63 Å². The van der Waals surface area contributed by atoms with Gasteiger partial charge in [0, 0.05) is 22.2 Å². The van der Waals surface area contributed by atoms with E-state index in [1.165, 1.54) is 0 Å². The molecular formula is C32H41N3O4. The average Bonchev–Trinajstić information content (AvgIpc) is 3.37. The monoisotopic (exact) mass is 531 g/mol. The molecular weight excluding hydrogens is 490 g/mol. The van der Waals surface area contributed by atoms with Crippen LogP contribution in [0.2, 0.25) is 0 Å². The highest BCUT2D eigenvalue weighted by atomic mass is 16.5. The molecule has 7 unspecified atom stereocenters. The van der Waals surface area contributed by atoms with Crippen molar-refractivity contribution in [2.75, 3.05) is 0 Å². The minimum absolute atomic E-state index is 0.0470. The van der Waals surface area contributed by atoms with Crippen LogP contribution in [0.5, 0.6) is 0 Å². The van der Waals surface area contributed by atoms with Gasteiger partial charge in [-0.3, -0.25) is 9.59 Å². The van der Waals surface area contributed by atoms with E-state index in [0.29, 0.717) is 5.82 Å². The summed E-state index contributed by atoms with van der Waals surface area (Å²) in [4.78, 5) is 32.2. The van der Waals surface area contributed by atoms with Crippen molar-refractivity contribution in [3.63, 3.8) is 0 Å². The molecule has 6 rings (SSSR count). The number of rotatable bonds is 2. The zero-order chi connectivity index (χ0) is 28.2. The van der Waals surface area contributed by atoms with Crippen LogP contribution in [0.3, 0.4) is 0 Å². The number of aromatic nitrogens is 2. The Kier molecular flexibility index (Phi) is 5.61. The predicted molar refractivity (Wildman–Crippen MR) is 144 cm³/mol. The fraction of sp³-hybridized carbons (Fsp3) is 0.719. The van der Waals surface area contributed by atoms with Gasteiger partial charge in [-0.15, -0.1) is 0 Å². The first kappa shape index (κ1) is 26.6. The maximum Gasteiger partial charge on any atom is 0.252 e. The van der Waals surface area contributed by atoms with Crippen molar-refractivity contribution in [2.45, 2.75) is 98.5 Å². The smallest absolute Gasteiger partial charge is 0.252 e. The lowest BCUT2D eigenvalue weighted by atomic mass is 9.38. The molecule has 0 aliphatic heterocycles. The number of allylic oxidation sites excluding steroid dienone is 4. The maximum absolute atomic E-state index is 14.4. The van der Waals surface area contributed by atoms with Crippen LogP contribution in [-0.4, -0.2) is 26.8 Å². The summed E-state index contributed by atoms with van der Waals surface area (Å²) >= 11 is 0. The quantitative estimate of drug-likeness (QED) is 0.524. The molecule has 5 aliphatic carbocycles.